The lowest BCUT2D eigenvalue weighted by atomic mass is 10.6. The lowest BCUT2D eigenvalue weighted by Crippen LogP contribution is -2.23. The van der Waals surface area contributed by atoms with Crippen LogP contribution in [0.2, 0.25) is 0 Å². The summed E-state index contributed by atoms with van der Waals surface area (Å²) >= 11 is 0. The Kier molecular flexibility index (Phi) is 2.42. The van der Waals surface area contributed by atoms with Gasteiger partial charge in [0.15, 0.2) is 5.82 Å². The highest BCUT2D eigenvalue weighted by molar-refractivity contribution is 5.70. The minimum atomic E-state index is -0.623. The smallest absolute Gasteiger partial charge is 0.387 e. The van der Waals surface area contributed by atoms with Crippen LogP contribution >= 0.6 is 0 Å². The molecule has 64 valence electrons. The number of amides is 1. The molecule has 0 aromatic carbocycles. The van der Waals surface area contributed by atoms with Gasteiger partial charge in [0.1, 0.15) is 0 Å². The highest BCUT2D eigenvalue weighted by atomic mass is 16.6. The highest BCUT2D eigenvalue weighted by Crippen LogP contribution is 2.12. The van der Waals surface area contributed by atoms with Crippen molar-refractivity contribution in [2.24, 2.45) is 0 Å². The van der Waals surface area contributed by atoms with E-state index in [0.717, 1.165) is 0 Å². The van der Waals surface area contributed by atoms with Crippen molar-refractivity contribution in [2.45, 2.75) is 0 Å². The Morgan fingerprint density at radius 2 is 2.25 bits per heavy atom. The number of nitrogens with two attached hydrogens (primary N) is 1. The molecule has 0 bridgehead atoms. The molecule has 1 heterocycles. The van der Waals surface area contributed by atoms with Gasteiger partial charge in [0.05, 0.1) is 0 Å². The first-order chi connectivity index (χ1) is 5.74. The van der Waals surface area contributed by atoms with Crippen LogP contribution in [0.4, 0.5) is 10.6 Å². The maximum absolute atomic E-state index is 10.7. The maximum atomic E-state index is 10.7. The zero-order chi connectivity index (χ0) is 8.97. The second-order valence-corrected chi connectivity index (χ2v) is 1.89. The van der Waals surface area contributed by atoms with Crippen molar-refractivity contribution in [3.05, 3.63) is 12.4 Å². The molecule has 1 aromatic heterocycles. The minimum absolute atomic E-state index is 0.0110. The van der Waals surface area contributed by atoms with Gasteiger partial charge >= 0.3 is 6.09 Å². The molecule has 1 rings (SSSR count). The Balaban J connectivity index is 2.75. The zero-order valence-electron chi connectivity index (χ0n) is 6.44. The van der Waals surface area contributed by atoms with Gasteiger partial charge in [-0.1, -0.05) is 0 Å². The summed E-state index contributed by atoms with van der Waals surface area (Å²) in [6.45, 7) is 0. The molecule has 0 unspecified atom stereocenters. The van der Waals surface area contributed by atoms with Gasteiger partial charge in [-0.2, -0.15) is 0 Å². The van der Waals surface area contributed by atoms with E-state index in [0.29, 0.717) is 0 Å². The number of hydrogen-bond acceptors (Lipinski definition) is 5. The van der Waals surface area contributed by atoms with E-state index in [1.54, 1.807) is 0 Å². The lowest BCUT2D eigenvalue weighted by Gasteiger charge is -2.02. The van der Waals surface area contributed by atoms with Crippen LogP contribution in [0.5, 0.6) is 5.88 Å². The van der Waals surface area contributed by atoms with Gasteiger partial charge in [0.25, 0.3) is 5.88 Å². The van der Waals surface area contributed by atoms with Gasteiger partial charge in [-0.15, -0.1) is 0 Å². The fraction of sp³-hybridized carbons (Fsp3) is 0.167. The second kappa shape index (κ2) is 3.51. The predicted octanol–water partition coefficient (Wildman–Crippen LogP) is -0.223. The number of ether oxygens (including phenoxy) is 1. The van der Waals surface area contributed by atoms with Crippen LogP contribution < -0.4 is 15.8 Å². The third-order valence-electron chi connectivity index (χ3n) is 1.08. The largest absolute Gasteiger partial charge is 0.413 e. The lowest BCUT2D eigenvalue weighted by molar-refractivity contribution is 0.201. The van der Waals surface area contributed by atoms with Crippen LogP contribution in [0.15, 0.2) is 12.4 Å². The van der Waals surface area contributed by atoms with E-state index in [1.807, 2.05) is 0 Å². The quantitative estimate of drug-likeness (QED) is 0.604. The third kappa shape index (κ3) is 1.82. The average molecular weight is 168 g/mol. The van der Waals surface area contributed by atoms with Gasteiger partial charge in [-0.3, -0.25) is 0 Å². The van der Waals surface area contributed by atoms with Crippen molar-refractivity contribution in [1.29, 1.82) is 0 Å². The van der Waals surface area contributed by atoms with Gasteiger partial charge in [0, 0.05) is 19.4 Å². The molecule has 3 N–H and O–H groups in total. The van der Waals surface area contributed by atoms with Gasteiger partial charge in [-0.05, 0) is 0 Å². The molecule has 0 atom stereocenters. The van der Waals surface area contributed by atoms with Crippen molar-refractivity contribution in [2.75, 3.05) is 12.8 Å². The number of nitrogens with one attached hydrogen (secondary N) is 1. The SMILES string of the molecule is CNC(=O)Oc1nccnc1N. The summed E-state index contributed by atoms with van der Waals surface area (Å²) in [7, 11) is 1.44. The molecule has 0 aliphatic rings. The normalized spacial score (nSPS) is 9.08. The summed E-state index contributed by atoms with van der Waals surface area (Å²) in [6, 6.07) is 0. The van der Waals surface area contributed by atoms with E-state index in [4.69, 9.17) is 5.73 Å². The molecule has 0 radical (unpaired) electrons. The van der Waals surface area contributed by atoms with Crippen LogP contribution in [-0.2, 0) is 0 Å². The van der Waals surface area contributed by atoms with E-state index in [2.05, 4.69) is 20.0 Å². The van der Waals surface area contributed by atoms with E-state index in [9.17, 15) is 4.79 Å². The molecule has 0 saturated heterocycles. The van der Waals surface area contributed by atoms with Crippen LogP contribution in [-0.4, -0.2) is 23.1 Å². The molecule has 6 heteroatoms. The van der Waals surface area contributed by atoms with Crippen molar-refractivity contribution in [1.82, 2.24) is 15.3 Å². The number of anilines is 1. The molecule has 0 aliphatic carbocycles. The topological polar surface area (TPSA) is 90.1 Å². The standard InChI is InChI=1S/C6H8N4O2/c1-8-6(11)12-5-4(7)9-2-3-10-5/h2-3H,1H3,(H2,7,9)(H,8,11). The van der Waals surface area contributed by atoms with Crippen molar-refractivity contribution < 1.29 is 9.53 Å². The van der Waals surface area contributed by atoms with Crippen molar-refractivity contribution >= 4 is 11.9 Å². The molecule has 6 nitrogen and oxygen atoms in total. The first-order valence-corrected chi connectivity index (χ1v) is 3.20. The van der Waals surface area contributed by atoms with Crippen LogP contribution in [0.1, 0.15) is 0 Å². The minimum Gasteiger partial charge on any atom is -0.387 e. The number of rotatable bonds is 1. The maximum Gasteiger partial charge on any atom is 0.413 e. The molecular formula is C6H8N4O2. The van der Waals surface area contributed by atoms with E-state index < -0.39 is 6.09 Å². The van der Waals surface area contributed by atoms with Gasteiger partial charge < -0.3 is 15.8 Å². The Hall–Kier alpha value is -1.85. The number of carbonyl (C=O) groups is 1. The van der Waals surface area contributed by atoms with E-state index >= 15 is 0 Å². The van der Waals surface area contributed by atoms with E-state index in [1.165, 1.54) is 19.4 Å². The van der Waals surface area contributed by atoms with Crippen molar-refractivity contribution in [3.63, 3.8) is 0 Å². The average Bonchev–Trinajstić information content (AvgIpc) is 2.09. The fourth-order valence-electron chi connectivity index (χ4n) is 0.553. The molecule has 12 heavy (non-hydrogen) atoms. The van der Waals surface area contributed by atoms with Gasteiger partial charge in [0.2, 0.25) is 0 Å². The first kappa shape index (κ1) is 8.25. The summed E-state index contributed by atoms with van der Waals surface area (Å²) in [5.41, 5.74) is 5.34. The summed E-state index contributed by atoms with van der Waals surface area (Å²) in [5.74, 6) is 0.0953. The molecule has 1 aromatic rings. The second-order valence-electron chi connectivity index (χ2n) is 1.89. The fourth-order valence-corrected chi connectivity index (χ4v) is 0.553. The first-order valence-electron chi connectivity index (χ1n) is 3.20. The monoisotopic (exact) mass is 168 g/mol. The van der Waals surface area contributed by atoms with Crippen LogP contribution in [0.25, 0.3) is 0 Å². The predicted molar refractivity (Wildman–Crippen MR) is 41.5 cm³/mol. The number of aromatic nitrogens is 2. The molecular weight excluding hydrogens is 160 g/mol. The molecule has 0 aliphatic heterocycles. The van der Waals surface area contributed by atoms with Crippen LogP contribution in [0, 0.1) is 0 Å². The molecule has 0 spiro atoms. The zero-order valence-corrected chi connectivity index (χ0v) is 6.44. The summed E-state index contributed by atoms with van der Waals surface area (Å²) in [6.07, 6.45) is 2.17. The Bertz CT molecular complexity index is 289. The number of carbonyl (C=O) groups excluding carboxylic acids is 1. The Morgan fingerprint density at radius 3 is 2.83 bits per heavy atom. The highest BCUT2D eigenvalue weighted by Gasteiger charge is 2.06. The summed E-state index contributed by atoms with van der Waals surface area (Å²) in [5, 5.41) is 2.26. The number of nitrogens with zero attached hydrogens (tertiary/aromatic N) is 2. The van der Waals surface area contributed by atoms with E-state index in [-0.39, 0.29) is 11.7 Å². The molecule has 0 saturated carbocycles. The van der Waals surface area contributed by atoms with Gasteiger partial charge in [-0.25, -0.2) is 14.8 Å². The third-order valence-corrected chi connectivity index (χ3v) is 1.08. The molecule has 1 amide bonds. The number of nitrogen functional groups attached to an aromatic ring is 1. The summed E-state index contributed by atoms with van der Waals surface area (Å²) in [4.78, 5) is 18.0. The van der Waals surface area contributed by atoms with Crippen LogP contribution in [0.3, 0.4) is 0 Å². The van der Waals surface area contributed by atoms with Crippen molar-refractivity contribution in [3.8, 4) is 5.88 Å². The number of hydrogen-bond donors (Lipinski definition) is 2. The Morgan fingerprint density at radius 1 is 1.58 bits per heavy atom. The Labute approximate surface area is 68.8 Å². The molecule has 0 fully saturated rings. The summed E-state index contributed by atoms with van der Waals surface area (Å²) < 4.78 is 4.65.